The molecule has 0 saturated carbocycles. The highest BCUT2D eigenvalue weighted by Crippen LogP contribution is 2.19. The van der Waals surface area contributed by atoms with E-state index in [0.29, 0.717) is 25.8 Å². The van der Waals surface area contributed by atoms with Crippen LogP contribution in [-0.4, -0.2) is 39.6 Å². The lowest BCUT2D eigenvalue weighted by Gasteiger charge is -2.21. The van der Waals surface area contributed by atoms with Crippen LogP contribution in [0.1, 0.15) is 30.5 Å². The van der Waals surface area contributed by atoms with Crippen LogP contribution >= 0.6 is 0 Å². The van der Waals surface area contributed by atoms with E-state index in [1.165, 1.54) is 11.2 Å². The summed E-state index contributed by atoms with van der Waals surface area (Å²) in [6, 6.07) is -0.652. The summed E-state index contributed by atoms with van der Waals surface area (Å²) < 4.78 is 4.79. The van der Waals surface area contributed by atoms with Crippen molar-refractivity contribution in [2.24, 2.45) is 0 Å². The molecular weight excluding hydrogens is 236 g/mol. The van der Waals surface area contributed by atoms with Gasteiger partial charge >= 0.3 is 5.97 Å². The molecule has 1 atom stereocenters. The van der Waals surface area contributed by atoms with Crippen molar-refractivity contribution < 1.29 is 19.2 Å². The molecule has 1 aromatic rings. The van der Waals surface area contributed by atoms with Gasteiger partial charge in [-0.25, -0.2) is 4.79 Å². The summed E-state index contributed by atoms with van der Waals surface area (Å²) in [7, 11) is 0. The van der Waals surface area contributed by atoms with E-state index in [4.69, 9.17) is 9.63 Å². The van der Waals surface area contributed by atoms with Crippen molar-refractivity contribution in [1.82, 2.24) is 10.1 Å². The average Bonchev–Trinajstić information content (AvgIpc) is 2.94. The van der Waals surface area contributed by atoms with Gasteiger partial charge in [-0.15, -0.1) is 0 Å². The van der Waals surface area contributed by atoms with Crippen LogP contribution in [-0.2, 0) is 16.0 Å². The van der Waals surface area contributed by atoms with Crippen molar-refractivity contribution in [3.05, 3.63) is 17.5 Å². The minimum Gasteiger partial charge on any atom is -0.480 e. The van der Waals surface area contributed by atoms with Crippen LogP contribution in [0.3, 0.4) is 0 Å². The molecule has 2 rings (SSSR count). The molecule has 98 valence electrons. The summed E-state index contributed by atoms with van der Waals surface area (Å²) in [5, 5.41) is 12.8. The van der Waals surface area contributed by atoms with Crippen LogP contribution in [0.5, 0.6) is 0 Å². The summed E-state index contributed by atoms with van der Waals surface area (Å²) in [5.74, 6) is -1.03. The number of carboxylic acids is 1. The number of amides is 1. The summed E-state index contributed by atoms with van der Waals surface area (Å²) >= 11 is 0. The van der Waals surface area contributed by atoms with Crippen LogP contribution in [0, 0.1) is 6.92 Å². The Bertz CT molecular complexity index is 455. The van der Waals surface area contributed by atoms with Crippen molar-refractivity contribution in [2.75, 3.05) is 6.54 Å². The summed E-state index contributed by atoms with van der Waals surface area (Å²) in [4.78, 5) is 24.4. The number of carbonyl (C=O) groups excluding carboxylic acids is 1. The molecule has 18 heavy (non-hydrogen) atoms. The van der Waals surface area contributed by atoms with Crippen molar-refractivity contribution in [2.45, 2.75) is 38.6 Å². The Morgan fingerprint density at radius 2 is 2.39 bits per heavy atom. The number of carbonyl (C=O) groups is 2. The molecule has 1 fully saturated rings. The Kier molecular flexibility index (Phi) is 3.64. The standard InChI is InChI=1S/C12H16N2O4/c1-8-9(7-18-13-8)4-5-11(15)14-6-2-3-10(14)12(16)17/h7,10H,2-6H2,1H3,(H,16,17)/t10-/m0/s1. The first kappa shape index (κ1) is 12.6. The van der Waals surface area contributed by atoms with E-state index in [1.807, 2.05) is 6.92 Å². The van der Waals surface area contributed by atoms with Gasteiger partial charge in [0, 0.05) is 18.5 Å². The molecule has 1 aliphatic heterocycles. The average molecular weight is 252 g/mol. The van der Waals surface area contributed by atoms with Gasteiger partial charge in [0.1, 0.15) is 12.3 Å². The molecule has 0 aromatic carbocycles. The second kappa shape index (κ2) is 5.20. The van der Waals surface area contributed by atoms with Gasteiger partial charge in [-0.3, -0.25) is 4.79 Å². The molecule has 1 amide bonds. The number of nitrogens with zero attached hydrogens (tertiary/aromatic N) is 2. The normalized spacial score (nSPS) is 19.2. The van der Waals surface area contributed by atoms with Crippen LogP contribution < -0.4 is 0 Å². The van der Waals surface area contributed by atoms with E-state index in [9.17, 15) is 9.59 Å². The number of aryl methyl sites for hydroxylation is 2. The monoisotopic (exact) mass is 252 g/mol. The Hall–Kier alpha value is -1.85. The molecule has 0 aliphatic carbocycles. The van der Waals surface area contributed by atoms with Gasteiger partial charge in [-0.05, 0) is 26.2 Å². The lowest BCUT2D eigenvalue weighted by molar-refractivity contribution is -0.148. The first-order chi connectivity index (χ1) is 8.59. The van der Waals surface area contributed by atoms with Crippen molar-refractivity contribution in [3.63, 3.8) is 0 Å². The fraction of sp³-hybridized carbons (Fsp3) is 0.583. The topological polar surface area (TPSA) is 83.6 Å². The molecule has 1 aromatic heterocycles. The van der Waals surface area contributed by atoms with Gasteiger partial charge in [0.15, 0.2) is 0 Å². The van der Waals surface area contributed by atoms with Crippen LogP contribution in [0.15, 0.2) is 10.8 Å². The fourth-order valence-corrected chi connectivity index (χ4v) is 2.26. The maximum atomic E-state index is 12.0. The zero-order chi connectivity index (χ0) is 13.1. The minimum absolute atomic E-state index is 0.111. The van der Waals surface area contributed by atoms with Gasteiger partial charge in [-0.2, -0.15) is 0 Å². The highest BCUT2D eigenvalue weighted by atomic mass is 16.5. The highest BCUT2D eigenvalue weighted by Gasteiger charge is 2.33. The third kappa shape index (κ3) is 2.52. The Morgan fingerprint density at radius 3 is 3.00 bits per heavy atom. The Balaban J connectivity index is 1.92. The maximum Gasteiger partial charge on any atom is 0.326 e. The number of aliphatic carboxylic acids is 1. The van der Waals surface area contributed by atoms with E-state index >= 15 is 0 Å². The fourth-order valence-electron chi connectivity index (χ4n) is 2.26. The summed E-state index contributed by atoms with van der Waals surface area (Å²) in [5.41, 5.74) is 1.67. The van der Waals surface area contributed by atoms with Crippen molar-refractivity contribution >= 4 is 11.9 Å². The number of hydrogen-bond donors (Lipinski definition) is 1. The lowest BCUT2D eigenvalue weighted by atomic mass is 10.1. The number of rotatable bonds is 4. The predicted octanol–water partition coefficient (Wildman–Crippen LogP) is 0.991. The number of carboxylic acid groups (broad SMARTS) is 1. The van der Waals surface area contributed by atoms with Gasteiger partial charge in [0.25, 0.3) is 0 Å². The molecular formula is C12H16N2O4. The van der Waals surface area contributed by atoms with Crippen LogP contribution in [0.25, 0.3) is 0 Å². The number of likely N-dealkylation sites (tertiary alicyclic amines) is 1. The second-order valence-electron chi connectivity index (χ2n) is 4.51. The van der Waals surface area contributed by atoms with Crippen molar-refractivity contribution in [3.8, 4) is 0 Å². The highest BCUT2D eigenvalue weighted by molar-refractivity contribution is 5.84. The SMILES string of the molecule is Cc1nocc1CCC(=O)N1CCC[C@H]1C(=O)O. The molecule has 0 unspecified atom stereocenters. The molecule has 6 heteroatoms. The Morgan fingerprint density at radius 1 is 1.61 bits per heavy atom. The minimum atomic E-state index is -0.915. The molecule has 1 aliphatic rings. The molecule has 2 heterocycles. The maximum absolute atomic E-state index is 12.0. The quantitative estimate of drug-likeness (QED) is 0.864. The van der Waals surface area contributed by atoms with Gasteiger partial charge in [0.05, 0.1) is 5.69 Å². The largest absolute Gasteiger partial charge is 0.480 e. The van der Waals surface area contributed by atoms with E-state index in [0.717, 1.165) is 17.7 Å². The van der Waals surface area contributed by atoms with Crippen LogP contribution in [0.4, 0.5) is 0 Å². The van der Waals surface area contributed by atoms with Gasteiger partial charge in [-0.1, -0.05) is 5.16 Å². The van der Waals surface area contributed by atoms with E-state index in [2.05, 4.69) is 5.16 Å². The molecule has 0 bridgehead atoms. The molecule has 0 spiro atoms. The molecule has 1 saturated heterocycles. The molecule has 1 N–H and O–H groups in total. The van der Waals surface area contributed by atoms with Gasteiger partial charge < -0.3 is 14.5 Å². The third-order valence-electron chi connectivity index (χ3n) is 3.32. The second-order valence-corrected chi connectivity index (χ2v) is 4.51. The van der Waals surface area contributed by atoms with Crippen molar-refractivity contribution in [1.29, 1.82) is 0 Å². The Labute approximate surface area is 105 Å². The number of hydrogen-bond acceptors (Lipinski definition) is 4. The lowest BCUT2D eigenvalue weighted by Crippen LogP contribution is -2.40. The smallest absolute Gasteiger partial charge is 0.326 e. The first-order valence-electron chi connectivity index (χ1n) is 6.01. The van der Waals surface area contributed by atoms with Crippen LogP contribution in [0.2, 0.25) is 0 Å². The molecule has 6 nitrogen and oxygen atoms in total. The summed E-state index contributed by atoms with van der Waals surface area (Å²) in [6.45, 7) is 2.36. The first-order valence-corrected chi connectivity index (χ1v) is 6.01. The zero-order valence-corrected chi connectivity index (χ0v) is 10.3. The van der Waals surface area contributed by atoms with Gasteiger partial charge in [0.2, 0.25) is 5.91 Å². The zero-order valence-electron chi connectivity index (χ0n) is 10.3. The van der Waals surface area contributed by atoms with E-state index in [1.54, 1.807) is 0 Å². The number of aromatic nitrogens is 1. The summed E-state index contributed by atoms with van der Waals surface area (Å²) in [6.07, 6.45) is 3.67. The molecule has 0 radical (unpaired) electrons. The predicted molar refractivity (Wildman–Crippen MR) is 61.9 cm³/mol. The third-order valence-corrected chi connectivity index (χ3v) is 3.32. The van der Waals surface area contributed by atoms with E-state index < -0.39 is 12.0 Å². The van der Waals surface area contributed by atoms with E-state index in [-0.39, 0.29) is 5.91 Å².